The van der Waals surface area contributed by atoms with E-state index in [0.29, 0.717) is 5.69 Å². The third kappa shape index (κ3) is 5.45. The van der Waals surface area contributed by atoms with Gasteiger partial charge >= 0.3 is 6.03 Å². The molecule has 0 bridgehead atoms. The maximum atomic E-state index is 12.8. The fourth-order valence-corrected chi connectivity index (χ4v) is 3.72. The predicted octanol–water partition coefficient (Wildman–Crippen LogP) is 4.38. The zero-order valence-corrected chi connectivity index (χ0v) is 19.5. The van der Waals surface area contributed by atoms with Crippen LogP contribution in [0.2, 0.25) is 0 Å². The molecular formula is C26H27N5O3. The van der Waals surface area contributed by atoms with E-state index in [1.807, 2.05) is 57.2 Å². The number of nitrogens with two attached hydrogens (primary N) is 1. The lowest BCUT2D eigenvalue weighted by Crippen LogP contribution is -2.27. The molecule has 3 aromatic rings. The highest BCUT2D eigenvalue weighted by Crippen LogP contribution is 2.25. The number of anilines is 1. The van der Waals surface area contributed by atoms with Gasteiger partial charge in [-0.15, -0.1) is 0 Å². The van der Waals surface area contributed by atoms with Crippen molar-refractivity contribution in [1.82, 2.24) is 9.88 Å². The van der Waals surface area contributed by atoms with Crippen LogP contribution < -0.4 is 21.1 Å². The van der Waals surface area contributed by atoms with Crippen LogP contribution in [0.25, 0.3) is 11.8 Å². The van der Waals surface area contributed by atoms with Crippen molar-refractivity contribution < 1.29 is 14.3 Å². The first-order chi connectivity index (χ1) is 16.2. The number of hydrogen-bond acceptors (Lipinski definition) is 4. The first-order valence-corrected chi connectivity index (χ1v) is 10.7. The molecule has 0 aliphatic rings. The third-order valence-corrected chi connectivity index (χ3v) is 5.49. The van der Waals surface area contributed by atoms with Gasteiger partial charge < -0.3 is 25.7 Å². The Hall–Kier alpha value is -4.51. The standard InChI is InChI=1S/C26H27N5O3/c1-16-13-20(18(3)31(16)23-9-11-24(34-4)12-10-23)14-21(15-27)25(32)29-17(2)19-5-7-22(8-6-19)30-26(28)33/h5-14,17H,1-4H3,(H,29,32)(H3,28,30,33). The number of ether oxygens (including phenoxy) is 1. The van der Waals surface area contributed by atoms with Crippen molar-refractivity contribution in [3.63, 3.8) is 0 Å². The van der Waals surface area contributed by atoms with Crippen LogP contribution in [0.4, 0.5) is 10.5 Å². The van der Waals surface area contributed by atoms with Crippen molar-refractivity contribution in [2.75, 3.05) is 12.4 Å². The summed E-state index contributed by atoms with van der Waals surface area (Å²) < 4.78 is 7.29. The second-order valence-electron chi connectivity index (χ2n) is 7.84. The van der Waals surface area contributed by atoms with E-state index in [9.17, 15) is 14.9 Å². The molecule has 1 unspecified atom stereocenters. The van der Waals surface area contributed by atoms with Gasteiger partial charge in [0.1, 0.15) is 17.4 Å². The van der Waals surface area contributed by atoms with Gasteiger partial charge in [-0.05, 0) is 80.4 Å². The zero-order chi connectivity index (χ0) is 24.8. The van der Waals surface area contributed by atoms with Gasteiger partial charge in [-0.2, -0.15) is 5.26 Å². The monoisotopic (exact) mass is 457 g/mol. The number of primary amides is 1. The van der Waals surface area contributed by atoms with E-state index in [1.54, 1.807) is 37.5 Å². The van der Waals surface area contributed by atoms with Gasteiger partial charge in [-0.1, -0.05) is 12.1 Å². The first kappa shape index (κ1) is 24.1. The summed E-state index contributed by atoms with van der Waals surface area (Å²) in [5.41, 5.74) is 10.1. The molecule has 0 aliphatic heterocycles. The molecule has 0 fully saturated rings. The molecule has 4 N–H and O–H groups in total. The van der Waals surface area contributed by atoms with Crippen LogP contribution in [-0.2, 0) is 4.79 Å². The molecule has 3 rings (SSSR count). The number of nitrogens with one attached hydrogen (secondary N) is 2. The Kier molecular flexibility index (Phi) is 7.39. The maximum absolute atomic E-state index is 12.8. The summed E-state index contributed by atoms with van der Waals surface area (Å²) in [5, 5.41) is 15.0. The summed E-state index contributed by atoms with van der Waals surface area (Å²) in [6, 6.07) is 17.6. The lowest BCUT2D eigenvalue weighted by Gasteiger charge is -2.14. The maximum Gasteiger partial charge on any atom is 0.316 e. The fraction of sp³-hybridized carbons (Fsp3) is 0.192. The molecule has 1 heterocycles. The Balaban J connectivity index is 1.80. The number of aromatic nitrogens is 1. The van der Waals surface area contributed by atoms with Crippen molar-refractivity contribution in [3.8, 4) is 17.5 Å². The number of benzene rings is 2. The number of methoxy groups -OCH3 is 1. The molecule has 0 saturated heterocycles. The minimum atomic E-state index is -0.649. The van der Waals surface area contributed by atoms with Gasteiger partial charge in [0.15, 0.2) is 0 Å². The summed E-state index contributed by atoms with van der Waals surface area (Å²) in [7, 11) is 1.62. The van der Waals surface area contributed by atoms with E-state index in [1.165, 1.54) is 0 Å². The number of carbonyl (C=O) groups excluding carboxylic acids is 2. The zero-order valence-electron chi connectivity index (χ0n) is 19.5. The van der Waals surface area contributed by atoms with Crippen LogP contribution in [0.3, 0.4) is 0 Å². The van der Waals surface area contributed by atoms with E-state index in [0.717, 1.165) is 34.0 Å². The van der Waals surface area contributed by atoms with E-state index < -0.39 is 11.9 Å². The molecule has 1 atom stereocenters. The third-order valence-electron chi connectivity index (χ3n) is 5.49. The summed E-state index contributed by atoms with van der Waals surface area (Å²) in [6.07, 6.45) is 1.60. The smallest absolute Gasteiger partial charge is 0.316 e. The van der Waals surface area contributed by atoms with E-state index >= 15 is 0 Å². The van der Waals surface area contributed by atoms with Gasteiger partial charge in [-0.25, -0.2) is 4.79 Å². The molecule has 1 aromatic heterocycles. The highest BCUT2D eigenvalue weighted by Gasteiger charge is 2.16. The summed E-state index contributed by atoms with van der Waals surface area (Å²) >= 11 is 0. The van der Waals surface area contributed by atoms with Gasteiger partial charge in [0, 0.05) is 22.8 Å². The molecule has 0 spiro atoms. The van der Waals surface area contributed by atoms with Crippen molar-refractivity contribution in [1.29, 1.82) is 5.26 Å². The SMILES string of the molecule is COc1ccc(-n2c(C)cc(C=C(C#N)C(=O)NC(C)c3ccc(NC(N)=O)cc3)c2C)cc1. The summed E-state index contributed by atoms with van der Waals surface area (Å²) in [6.45, 7) is 5.73. The van der Waals surface area contributed by atoms with Crippen LogP contribution in [0.15, 0.2) is 60.2 Å². The molecule has 34 heavy (non-hydrogen) atoms. The largest absolute Gasteiger partial charge is 0.497 e. The molecule has 0 saturated carbocycles. The average molecular weight is 458 g/mol. The van der Waals surface area contributed by atoms with Gasteiger partial charge in [0.25, 0.3) is 5.91 Å². The Morgan fingerprint density at radius 2 is 1.76 bits per heavy atom. The molecule has 174 valence electrons. The van der Waals surface area contributed by atoms with Crippen LogP contribution in [-0.4, -0.2) is 23.6 Å². The van der Waals surface area contributed by atoms with Gasteiger partial charge in [-0.3, -0.25) is 4.79 Å². The molecule has 0 aliphatic carbocycles. The average Bonchev–Trinajstić information content (AvgIpc) is 3.10. The number of urea groups is 1. The fourth-order valence-electron chi connectivity index (χ4n) is 3.72. The predicted molar refractivity (Wildman–Crippen MR) is 132 cm³/mol. The second-order valence-corrected chi connectivity index (χ2v) is 7.84. The van der Waals surface area contributed by atoms with Crippen LogP contribution in [0.1, 0.15) is 35.5 Å². The van der Waals surface area contributed by atoms with Crippen molar-refractivity contribution in [2.45, 2.75) is 26.8 Å². The molecule has 8 heteroatoms. The van der Waals surface area contributed by atoms with E-state index in [4.69, 9.17) is 10.5 Å². The lowest BCUT2D eigenvalue weighted by molar-refractivity contribution is -0.117. The van der Waals surface area contributed by atoms with E-state index in [-0.39, 0.29) is 11.6 Å². The molecular weight excluding hydrogens is 430 g/mol. The van der Waals surface area contributed by atoms with Crippen molar-refractivity contribution in [2.24, 2.45) is 5.73 Å². The molecule has 8 nitrogen and oxygen atoms in total. The topological polar surface area (TPSA) is 122 Å². The lowest BCUT2D eigenvalue weighted by atomic mass is 10.1. The quantitative estimate of drug-likeness (QED) is 0.360. The second kappa shape index (κ2) is 10.4. The van der Waals surface area contributed by atoms with Gasteiger partial charge in [0.2, 0.25) is 0 Å². The summed E-state index contributed by atoms with van der Waals surface area (Å²) in [4.78, 5) is 23.8. The minimum absolute atomic E-state index is 0.00819. The number of amides is 3. The normalized spacial score (nSPS) is 11.9. The van der Waals surface area contributed by atoms with Crippen LogP contribution in [0, 0.1) is 25.2 Å². The minimum Gasteiger partial charge on any atom is -0.497 e. The molecule has 3 amide bonds. The van der Waals surface area contributed by atoms with Crippen LogP contribution >= 0.6 is 0 Å². The van der Waals surface area contributed by atoms with Gasteiger partial charge in [0.05, 0.1) is 13.2 Å². The van der Waals surface area contributed by atoms with Crippen molar-refractivity contribution in [3.05, 3.63) is 82.7 Å². The Morgan fingerprint density at radius 3 is 2.32 bits per heavy atom. The number of nitrogens with zero attached hydrogens (tertiary/aromatic N) is 2. The van der Waals surface area contributed by atoms with E-state index in [2.05, 4.69) is 15.2 Å². The number of aryl methyl sites for hydroxylation is 1. The Morgan fingerprint density at radius 1 is 1.12 bits per heavy atom. The number of nitriles is 1. The number of hydrogen-bond donors (Lipinski definition) is 3. The van der Waals surface area contributed by atoms with Crippen LogP contribution in [0.5, 0.6) is 5.75 Å². The summed E-state index contributed by atoms with van der Waals surface area (Å²) in [5.74, 6) is 0.297. The number of rotatable bonds is 7. The highest BCUT2D eigenvalue weighted by molar-refractivity contribution is 6.02. The first-order valence-electron chi connectivity index (χ1n) is 10.7. The molecule has 2 aromatic carbocycles. The Labute approximate surface area is 198 Å². The number of carbonyl (C=O) groups is 2. The highest BCUT2D eigenvalue weighted by atomic mass is 16.5. The molecule has 0 radical (unpaired) electrons. The van der Waals surface area contributed by atoms with Crippen molar-refractivity contribution >= 4 is 23.7 Å². The Bertz CT molecular complexity index is 1270.